The van der Waals surface area contributed by atoms with Crippen molar-refractivity contribution in [1.82, 2.24) is 5.32 Å². The summed E-state index contributed by atoms with van der Waals surface area (Å²) in [6.07, 6.45) is -1.55. The average Bonchev–Trinajstić information content (AvgIpc) is 3.34. The van der Waals surface area contributed by atoms with E-state index >= 15 is 0 Å². The lowest BCUT2D eigenvalue weighted by Crippen LogP contribution is -2.20. The predicted octanol–water partition coefficient (Wildman–Crippen LogP) is 4.29. The molecule has 1 aromatic carbocycles. The van der Waals surface area contributed by atoms with Gasteiger partial charge in [-0.15, -0.1) is 11.8 Å². The second kappa shape index (κ2) is 8.85. The van der Waals surface area contributed by atoms with Gasteiger partial charge in [-0.2, -0.15) is 13.2 Å². The molecule has 1 saturated carbocycles. The Morgan fingerprint density at radius 3 is 2.46 bits per heavy atom. The first-order valence-electron chi connectivity index (χ1n) is 8.08. The Balaban J connectivity index is 1.97. The first-order valence-corrected chi connectivity index (χ1v) is 9.06. The number of rotatable bonds is 10. The minimum absolute atomic E-state index is 0.0364. The van der Waals surface area contributed by atoms with Gasteiger partial charge < -0.3 is 14.8 Å². The molecule has 1 aliphatic rings. The number of alkyl halides is 3. The summed E-state index contributed by atoms with van der Waals surface area (Å²) in [5, 5.41) is 3.42. The molecule has 136 valence electrons. The van der Waals surface area contributed by atoms with Gasteiger partial charge in [0.05, 0.1) is 25.5 Å². The predicted molar refractivity (Wildman–Crippen MR) is 90.2 cm³/mol. The number of hydrogen-bond acceptors (Lipinski definition) is 4. The fourth-order valence-corrected chi connectivity index (χ4v) is 3.40. The van der Waals surface area contributed by atoms with E-state index in [2.05, 4.69) is 5.32 Å². The van der Waals surface area contributed by atoms with Gasteiger partial charge in [-0.05, 0) is 56.0 Å². The Kier molecular flexibility index (Phi) is 7.10. The third kappa shape index (κ3) is 6.43. The second-order valence-corrected chi connectivity index (χ2v) is 7.06. The Bertz CT molecular complexity index is 533. The second-order valence-electron chi connectivity index (χ2n) is 5.93. The topological polar surface area (TPSA) is 30.5 Å². The molecule has 0 bridgehead atoms. The van der Waals surface area contributed by atoms with Crippen molar-refractivity contribution >= 4 is 11.8 Å². The van der Waals surface area contributed by atoms with E-state index in [4.69, 9.17) is 9.47 Å². The van der Waals surface area contributed by atoms with Gasteiger partial charge in [-0.25, -0.2) is 0 Å². The summed E-state index contributed by atoms with van der Waals surface area (Å²) in [5.74, 6) is 2.08. The maximum atomic E-state index is 12.3. The highest BCUT2D eigenvalue weighted by Gasteiger charge is 2.26. The zero-order valence-electron chi connectivity index (χ0n) is 14.0. The number of thioether (sulfide) groups is 1. The van der Waals surface area contributed by atoms with Gasteiger partial charge in [-0.1, -0.05) is 0 Å². The first kappa shape index (κ1) is 19.2. The highest BCUT2D eigenvalue weighted by molar-refractivity contribution is 7.99. The Morgan fingerprint density at radius 2 is 1.88 bits per heavy atom. The zero-order chi connectivity index (χ0) is 17.6. The summed E-state index contributed by atoms with van der Waals surface area (Å²) < 4.78 is 47.7. The average molecular weight is 363 g/mol. The molecule has 0 aromatic heterocycles. The van der Waals surface area contributed by atoms with Gasteiger partial charge >= 0.3 is 6.18 Å². The SMILES string of the molecule is COc1cc(SCCC(F)(F)F)c(OC)cc1CCNCC1CC1. The van der Waals surface area contributed by atoms with Crippen LogP contribution in [0.2, 0.25) is 0 Å². The number of hydrogen-bond donors (Lipinski definition) is 1. The molecule has 0 spiro atoms. The van der Waals surface area contributed by atoms with Crippen molar-refractivity contribution in [1.29, 1.82) is 0 Å². The van der Waals surface area contributed by atoms with E-state index in [0.29, 0.717) is 16.4 Å². The number of ether oxygens (including phenoxy) is 2. The molecule has 1 aliphatic carbocycles. The van der Waals surface area contributed by atoms with Gasteiger partial charge in [0.2, 0.25) is 0 Å². The molecule has 0 unspecified atom stereocenters. The van der Waals surface area contributed by atoms with Crippen molar-refractivity contribution in [2.75, 3.05) is 33.1 Å². The van der Waals surface area contributed by atoms with E-state index in [1.807, 2.05) is 6.07 Å². The quantitative estimate of drug-likeness (QED) is 0.496. The van der Waals surface area contributed by atoms with Crippen LogP contribution in [0.3, 0.4) is 0 Å². The molecule has 3 nitrogen and oxygen atoms in total. The van der Waals surface area contributed by atoms with Crippen LogP contribution in [0.1, 0.15) is 24.8 Å². The summed E-state index contributed by atoms with van der Waals surface area (Å²) >= 11 is 1.14. The molecule has 2 rings (SSSR count). The maximum absolute atomic E-state index is 12.3. The summed E-state index contributed by atoms with van der Waals surface area (Å²) in [4.78, 5) is 0.674. The zero-order valence-corrected chi connectivity index (χ0v) is 14.9. The first-order chi connectivity index (χ1) is 11.4. The van der Waals surface area contributed by atoms with Crippen LogP contribution in [0, 0.1) is 5.92 Å². The summed E-state index contributed by atoms with van der Waals surface area (Å²) in [5.41, 5.74) is 0.998. The monoisotopic (exact) mass is 363 g/mol. The third-order valence-corrected chi connectivity index (χ3v) is 4.95. The van der Waals surface area contributed by atoms with Gasteiger partial charge in [0.15, 0.2) is 0 Å². The smallest absolute Gasteiger partial charge is 0.389 e. The number of halogens is 3. The molecular weight excluding hydrogens is 339 g/mol. The van der Waals surface area contributed by atoms with Crippen molar-refractivity contribution in [3.05, 3.63) is 17.7 Å². The van der Waals surface area contributed by atoms with E-state index in [0.717, 1.165) is 42.8 Å². The Labute approximate surface area is 145 Å². The van der Waals surface area contributed by atoms with Crippen LogP contribution in [0.5, 0.6) is 11.5 Å². The van der Waals surface area contributed by atoms with Crippen LogP contribution in [0.4, 0.5) is 13.2 Å². The van der Waals surface area contributed by atoms with Gasteiger partial charge in [-0.3, -0.25) is 0 Å². The fourth-order valence-electron chi connectivity index (χ4n) is 2.37. The highest BCUT2D eigenvalue weighted by Crippen LogP contribution is 2.37. The minimum atomic E-state index is -4.14. The summed E-state index contributed by atoms with van der Waals surface area (Å²) in [6, 6.07) is 3.64. The standard InChI is InChI=1S/C17H24F3NO2S/c1-22-14-10-16(24-8-6-17(18,19)20)15(23-2)9-13(14)5-7-21-11-12-3-4-12/h9-10,12,21H,3-8,11H2,1-2H3. The molecule has 0 aliphatic heterocycles. The number of nitrogens with one attached hydrogen (secondary N) is 1. The normalized spacial score (nSPS) is 14.7. The van der Waals surface area contributed by atoms with Crippen LogP contribution in [0.25, 0.3) is 0 Å². The largest absolute Gasteiger partial charge is 0.496 e. The van der Waals surface area contributed by atoms with Crippen molar-refractivity contribution < 1.29 is 22.6 Å². The van der Waals surface area contributed by atoms with E-state index in [9.17, 15) is 13.2 Å². The van der Waals surface area contributed by atoms with Crippen molar-refractivity contribution in [2.45, 2.75) is 36.8 Å². The highest BCUT2D eigenvalue weighted by atomic mass is 32.2. The molecule has 0 atom stereocenters. The number of methoxy groups -OCH3 is 2. The molecule has 0 amide bonds. The van der Waals surface area contributed by atoms with Gasteiger partial charge in [0, 0.05) is 5.75 Å². The molecular formula is C17H24F3NO2S. The molecule has 1 N–H and O–H groups in total. The molecule has 0 saturated heterocycles. The van der Waals surface area contributed by atoms with Crippen LogP contribution in [-0.2, 0) is 6.42 Å². The van der Waals surface area contributed by atoms with Crippen molar-refractivity contribution in [3.63, 3.8) is 0 Å². The fraction of sp³-hybridized carbons (Fsp3) is 0.647. The summed E-state index contributed by atoms with van der Waals surface area (Å²) in [6.45, 7) is 1.89. The lowest BCUT2D eigenvalue weighted by atomic mass is 10.1. The molecule has 0 heterocycles. The molecule has 7 heteroatoms. The van der Waals surface area contributed by atoms with Gasteiger partial charge in [0.25, 0.3) is 0 Å². The van der Waals surface area contributed by atoms with E-state index in [-0.39, 0.29) is 5.75 Å². The van der Waals surface area contributed by atoms with Crippen molar-refractivity contribution in [2.24, 2.45) is 5.92 Å². The van der Waals surface area contributed by atoms with E-state index < -0.39 is 12.6 Å². The lowest BCUT2D eigenvalue weighted by molar-refractivity contribution is -0.129. The van der Waals surface area contributed by atoms with Crippen LogP contribution in [-0.4, -0.2) is 39.2 Å². The van der Waals surface area contributed by atoms with Gasteiger partial charge in [0.1, 0.15) is 11.5 Å². The minimum Gasteiger partial charge on any atom is -0.496 e. The van der Waals surface area contributed by atoms with Crippen LogP contribution < -0.4 is 14.8 Å². The van der Waals surface area contributed by atoms with Crippen molar-refractivity contribution in [3.8, 4) is 11.5 Å². The maximum Gasteiger partial charge on any atom is 0.389 e. The van der Waals surface area contributed by atoms with E-state index in [1.165, 1.54) is 20.0 Å². The molecule has 1 aromatic rings. The van der Waals surface area contributed by atoms with Crippen LogP contribution in [0.15, 0.2) is 17.0 Å². The molecule has 1 fully saturated rings. The Morgan fingerprint density at radius 1 is 1.17 bits per heavy atom. The Hall–Kier alpha value is -1.08. The molecule has 24 heavy (non-hydrogen) atoms. The molecule has 0 radical (unpaired) electrons. The van der Waals surface area contributed by atoms with E-state index in [1.54, 1.807) is 13.2 Å². The third-order valence-electron chi connectivity index (χ3n) is 3.91. The van der Waals surface area contributed by atoms with Crippen LogP contribution >= 0.6 is 11.8 Å². The lowest BCUT2D eigenvalue weighted by Gasteiger charge is -2.15. The summed E-state index contributed by atoms with van der Waals surface area (Å²) in [7, 11) is 3.11. The number of benzene rings is 1.